The van der Waals surface area contributed by atoms with Crippen LogP contribution in [0.2, 0.25) is 0 Å². The van der Waals surface area contributed by atoms with E-state index in [1.54, 1.807) is 7.11 Å². The normalized spacial score (nSPS) is 21.7. The molecule has 0 radical (unpaired) electrons. The van der Waals surface area contributed by atoms with Gasteiger partial charge in [0.2, 0.25) is 5.91 Å². The van der Waals surface area contributed by atoms with Gasteiger partial charge in [-0.05, 0) is 42.4 Å². The Morgan fingerprint density at radius 1 is 1.40 bits per heavy atom. The summed E-state index contributed by atoms with van der Waals surface area (Å²) in [5.41, 5.74) is 0.991. The molecule has 20 heavy (non-hydrogen) atoms. The van der Waals surface area contributed by atoms with Crippen molar-refractivity contribution in [3.8, 4) is 5.75 Å². The van der Waals surface area contributed by atoms with Crippen molar-refractivity contribution in [2.24, 2.45) is 11.8 Å². The van der Waals surface area contributed by atoms with Crippen molar-refractivity contribution in [1.29, 1.82) is 0 Å². The topological polar surface area (TPSA) is 38.3 Å². The fraction of sp³-hybridized carbons (Fsp3) is 0.562. The van der Waals surface area contributed by atoms with Crippen LogP contribution in [0, 0.1) is 11.8 Å². The molecule has 4 heteroatoms. The van der Waals surface area contributed by atoms with Gasteiger partial charge in [-0.2, -0.15) is 0 Å². The number of hydrogen-bond acceptors (Lipinski definition) is 2. The lowest BCUT2D eigenvalue weighted by Crippen LogP contribution is -2.32. The van der Waals surface area contributed by atoms with Gasteiger partial charge >= 0.3 is 0 Å². The van der Waals surface area contributed by atoms with Crippen LogP contribution < -0.4 is 10.1 Å². The van der Waals surface area contributed by atoms with Gasteiger partial charge in [0.25, 0.3) is 0 Å². The highest BCUT2D eigenvalue weighted by molar-refractivity contribution is 9.09. The van der Waals surface area contributed by atoms with Gasteiger partial charge in [0, 0.05) is 11.9 Å². The lowest BCUT2D eigenvalue weighted by atomic mass is 9.98. The Bertz CT molecular complexity index is 450. The average molecular weight is 340 g/mol. The van der Waals surface area contributed by atoms with E-state index in [4.69, 9.17) is 4.74 Å². The summed E-state index contributed by atoms with van der Waals surface area (Å²) in [6, 6.07) is 7.68. The average Bonchev–Trinajstić information content (AvgIpc) is 2.93. The number of rotatable bonds is 6. The molecule has 1 aliphatic carbocycles. The van der Waals surface area contributed by atoms with Crippen molar-refractivity contribution >= 4 is 21.8 Å². The maximum absolute atomic E-state index is 12.0. The van der Waals surface area contributed by atoms with Crippen LogP contribution in [0.25, 0.3) is 0 Å². The molecular formula is C16H22BrNO2. The summed E-state index contributed by atoms with van der Waals surface area (Å²) in [5.74, 6) is 2.24. The fourth-order valence-electron chi connectivity index (χ4n) is 2.86. The summed E-state index contributed by atoms with van der Waals surface area (Å²) >= 11 is 3.57. The SMILES string of the molecule is COc1cccc(CC(=O)NCC2CCCC2CBr)c1. The second-order valence-corrected chi connectivity index (χ2v) is 6.09. The molecule has 0 saturated heterocycles. The summed E-state index contributed by atoms with van der Waals surface area (Å²) in [4.78, 5) is 12.0. The predicted molar refractivity (Wildman–Crippen MR) is 84.3 cm³/mol. The highest BCUT2D eigenvalue weighted by Gasteiger charge is 2.26. The Morgan fingerprint density at radius 3 is 2.95 bits per heavy atom. The quantitative estimate of drug-likeness (QED) is 0.808. The van der Waals surface area contributed by atoms with E-state index in [1.165, 1.54) is 19.3 Å². The van der Waals surface area contributed by atoms with Gasteiger partial charge in [0.15, 0.2) is 0 Å². The van der Waals surface area contributed by atoms with Crippen molar-refractivity contribution in [2.45, 2.75) is 25.7 Å². The van der Waals surface area contributed by atoms with Crippen LogP contribution in [0.1, 0.15) is 24.8 Å². The Balaban J connectivity index is 1.80. The van der Waals surface area contributed by atoms with Crippen LogP contribution in [-0.2, 0) is 11.2 Å². The van der Waals surface area contributed by atoms with Gasteiger partial charge in [-0.25, -0.2) is 0 Å². The van der Waals surface area contributed by atoms with Crippen molar-refractivity contribution in [3.05, 3.63) is 29.8 Å². The van der Waals surface area contributed by atoms with E-state index in [0.717, 1.165) is 23.2 Å². The molecule has 0 heterocycles. The van der Waals surface area contributed by atoms with E-state index in [2.05, 4.69) is 21.2 Å². The van der Waals surface area contributed by atoms with E-state index in [9.17, 15) is 4.79 Å². The largest absolute Gasteiger partial charge is 0.497 e. The Kier molecular flexibility index (Phi) is 5.89. The number of nitrogens with one attached hydrogen (secondary N) is 1. The van der Waals surface area contributed by atoms with Crippen LogP contribution >= 0.6 is 15.9 Å². The molecule has 1 saturated carbocycles. The Morgan fingerprint density at radius 2 is 2.20 bits per heavy atom. The van der Waals surface area contributed by atoms with Crippen molar-refractivity contribution in [2.75, 3.05) is 19.0 Å². The molecule has 0 aliphatic heterocycles. The third-order valence-corrected chi connectivity index (χ3v) is 4.91. The van der Waals surface area contributed by atoms with Crippen molar-refractivity contribution < 1.29 is 9.53 Å². The summed E-state index contributed by atoms with van der Waals surface area (Å²) in [6.07, 6.45) is 4.22. The zero-order valence-corrected chi connectivity index (χ0v) is 13.5. The number of halogens is 1. The Hall–Kier alpha value is -1.03. The van der Waals surface area contributed by atoms with Gasteiger partial charge in [-0.15, -0.1) is 0 Å². The van der Waals surface area contributed by atoms with Crippen molar-refractivity contribution in [3.63, 3.8) is 0 Å². The van der Waals surface area contributed by atoms with Crippen molar-refractivity contribution in [1.82, 2.24) is 5.32 Å². The maximum atomic E-state index is 12.0. The first-order chi connectivity index (χ1) is 9.72. The van der Waals surface area contributed by atoms with Crippen LogP contribution in [0.15, 0.2) is 24.3 Å². The number of carbonyl (C=O) groups is 1. The first kappa shape index (κ1) is 15.4. The lowest BCUT2D eigenvalue weighted by Gasteiger charge is -2.17. The van der Waals surface area contributed by atoms with Gasteiger partial charge in [0.05, 0.1) is 13.5 Å². The summed E-state index contributed by atoms with van der Waals surface area (Å²) in [6.45, 7) is 0.805. The lowest BCUT2D eigenvalue weighted by molar-refractivity contribution is -0.120. The molecule has 1 aliphatic rings. The molecule has 1 N–H and O–H groups in total. The van der Waals surface area contributed by atoms with Gasteiger partial charge in [-0.3, -0.25) is 4.79 Å². The number of hydrogen-bond donors (Lipinski definition) is 1. The van der Waals surface area contributed by atoms with Gasteiger partial charge < -0.3 is 10.1 Å². The molecule has 2 rings (SSSR count). The number of methoxy groups -OCH3 is 1. The zero-order chi connectivity index (χ0) is 14.4. The maximum Gasteiger partial charge on any atom is 0.224 e. The van der Waals surface area contributed by atoms with Crippen LogP contribution in [0.4, 0.5) is 0 Å². The molecule has 1 aromatic rings. The Labute approximate surface area is 129 Å². The molecule has 110 valence electrons. The number of alkyl halides is 1. The first-order valence-corrected chi connectivity index (χ1v) is 8.30. The standard InChI is InChI=1S/C16H22BrNO2/c1-20-15-7-2-4-12(8-15)9-16(19)18-11-14-6-3-5-13(14)10-17/h2,4,7-8,13-14H,3,5-6,9-11H2,1H3,(H,18,19). The molecule has 3 nitrogen and oxygen atoms in total. The minimum absolute atomic E-state index is 0.0958. The van der Waals surface area contributed by atoms with Gasteiger partial charge in [0.1, 0.15) is 5.75 Å². The molecular weight excluding hydrogens is 318 g/mol. The van der Waals surface area contributed by atoms with E-state index in [0.29, 0.717) is 18.3 Å². The number of ether oxygens (including phenoxy) is 1. The summed E-state index contributed by atoms with van der Waals surface area (Å²) in [5, 5.41) is 4.12. The third-order valence-electron chi connectivity index (χ3n) is 4.07. The predicted octanol–water partition coefficient (Wildman–Crippen LogP) is 3.17. The highest BCUT2D eigenvalue weighted by atomic mass is 79.9. The third kappa shape index (κ3) is 4.23. The molecule has 0 bridgehead atoms. The molecule has 0 spiro atoms. The zero-order valence-electron chi connectivity index (χ0n) is 11.9. The highest BCUT2D eigenvalue weighted by Crippen LogP contribution is 2.32. The molecule has 1 amide bonds. The summed E-state index contributed by atoms with van der Waals surface area (Å²) < 4.78 is 5.17. The van der Waals surface area contributed by atoms with E-state index in [1.807, 2.05) is 24.3 Å². The molecule has 1 aromatic carbocycles. The molecule has 0 aromatic heterocycles. The monoisotopic (exact) mass is 339 g/mol. The van der Waals surface area contributed by atoms with E-state index in [-0.39, 0.29) is 5.91 Å². The minimum Gasteiger partial charge on any atom is -0.497 e. The smallest absolute Gasteiger partial charge is 0.224 e. The van der Waals surface area contributed by atoms with Gasteiger partial charge in [-0.1, -0.05) is 34.5 Å². The summed E-state index contributed by atoms with van der Waals surface area (Å²) in [7, 11) is 1.64. The van der Waals surface area contributed by atoms with Crippen LogP contribution in [0.5, 0.6) is 5.75 Å². The molecule has 2 unspecified atom stereocenters. The van der Waals surface area contributed by atoms with Crippen LogP contribution in [0.3, 0.4) is 0 Å². The fourth-order valence-corrected chi connectivity index (χ4v) is 3.71. The minimum atomic E-state index is 0.0958. The molecule has 2 atom stereocenters. The van der Waals surface area contributed by atoms with Crippen LogP contribution in [-0.4, -0.2) is 24.9 Å². The second kappa shape index (κ2) is 7.67. The second-order valence-electron chi connectivity index (χ2n) is 5.44. The number of amides is 1. The molecule has 1 fully saturated rings. The number of carbonyl (C=O) groups excluding carboxylic acids is 1. The van der Waals surface area contributed by atoms with E-state index < -0.39 is 0 Å². The number of benzene rings is 1. The van der Waals surface area contributed by atoms with E-state index >= 15 is 0 Å². The first-order valence-electron chi connectivity index (χ1n) is 7.18.